The van der Waals surface area contributed by atoms with Crippen LogP contribution in [0, 0.1) is 5.41 Å². The van der Waals surface area contributed by atoms with E-state index in [9.17, 15) is 0 Å². The molecule has 0 saturated carbocycles. The van der Waals surface area contributed by atoms with Crippen LogP contribution in [-0.4, -0.2) is 18.9 Å². The Morgan fingerprint density at radius 2 is 2.57 bits per heavy atom. The first-order valence-electron chi connectivity index (χ1n) is 2.21. The van der Waals surface area contributed by atoms with Crippen LogP contribution in [0.25, 0.3) is 0 Å². The van der Waals surface area contributed by atoms with Crippen molar-refractivity contribution in [2.24, 2.45) is 0 Å². The first-order valence-corrected chi connectivity index (χ1v) is 2.21. The Balaban J connectivity index is 2.51. The lowest BCUT2D eigenvalue weighted by Crippen LogP contribution is -2.09. The lowest BCUT2D eigenvalue weighted by atomic mass is 10.3. The molecule has 1 aliphatic heterocycles. The highest BCUT2D eigenvalue weighted by atomic mass is 16.5. The maximum atomic E-state index is 6.98. The Bertz CT molecular complexity index is 107. The Labute approximate surface area is 42.3 Å². The third-order valence-corrected chi connectivity index (χ3v) is 0.791. The molecule has 0 aromatic heterocycles. The van der Waals surface area contributed by atoms with Crippen molar-refractivity contribution in [2.45, 2.75) is 0 Å². The molecule has 1 aliphatic rings. The molecule has 0 spiro atoms. The quantitative estimate of drug-likeness (QED) is 0.471. The van der Waals surface area contributed by atoms with Crippen molar-refractivity contribution in [3.63, 3.8) is 0 Å². The molecule has 0 radical (unpaired) electrons. The van der Waals surface area contributed by atoms with Crippen LogP contribution in [-0.2, 0) is 4.74 Å². The van der Waals surface area contributed by atoms with Crippen molar-refractivity contribution < 1.29 is 4.74 Å². The van der Waals surface area contributed by atoms with E-state index in [1.54, 1.807) is 6.08 Å². The summed E-state index contributed by atoms with van der Waals surface area (Å²) in [5, 5.41) is 6.98. The van der Waals surface area contributed by atoms with Gasteiger partial charge in [0.2, 0.25) is 0 Å². The number of nitrogens with one attached hydrogen (secondary N) is 1. The molecule has 38 valence electrons. The van der Waals surface area contributed by atoms with Crippen molar-refractivity contribution in [1.29, 1.82) is 5.41 Å². The predicted octanol–water partition coefficient (Wildman–Crippen LogP) is 0.593. The number of hydrogen-bond donors (Lipinski definition) is 1. The molecule has 0 amide bonds. The molecule has 0 atom stereocenters. The molecule has 0 fully saturated rings. The zero-order valence-corrected chi connectivity index (χ0v) is 3.98. The van der Waals surface area contributed by atoms with E-state index in [0.717, 1.165) is 0 Å². The van der Waals surface area contributed by atoms with E-state index in [0.29, 0.717) is 18.9 Å². The second-order valence-corrected chi connectivity index (χ2v) is 1.44. The van der Waals surface area contributed by atoms with E-state index in [4.69, 9.17) is 10.1 Å². The maximum Gasteiger partial charge on any atom is 0.0884 e. The maximum absolute atomic E-state index is 6.98. The first kappa shape index (κ1) is 4.53. The number of rotatable bonds is 0. The standard InChI is InChI=1S/C5H7NO/c6-5-2-1-3-7-4-5/h1-2,6H,3-4H2. The van der Waals surface area contributed by atoms with E-state index in [1.165, 1.54) is 0 Å². The molecular formula is C5H7NO. The van der Waals surface area contributed by atoms with Crippen LogP contribution < -0.4 is 0 Å². The van der Waals surface area contributed by atoms with Crippen LogP contribution in [0.5, 0.6) is 0 Å². The van der Waals surface area contributed by atoms with Crippen molar-refractivity contribution in [3.8, 4) is 0 Å². The zero-order valence-electron chi connectivity index (χ0n) is 3.98. The van der Waals surface area contributed by atoms with Gasteiger partial charge in [-0.2, -0.15) is 0 Å². The average Bonchev–Trinajstić information content (AvgIpc) is 1.69. The summed E-state index contributed by atoms with van der Waals surface area (Å²) in [6.07, 6.45) is 3.61. The summed E-state index contributed by atoms with van der Waals surface area (Å²) in [5.74, 6) is 0. The summed E-state index contributed by atoms with van der Waals surface area (Å²) in [7, 11) is 0. The lowest BCUT2D eigenvalue weighted by molar-refractivity contribution is 0.200. The Hall–Kier alpha value is -0.630. The van der Waals surface area contributed by atoms with Crippen LogP contribution in [0.1, 0.15) is 0 Å². The van der Waals surface area contributed by atoms with Crippen LogP contribution in [0.15, 0.2) is 12.2 Å². The van der Waals surface area contributed by atoms with Gasteiger partial charge >= 0.3 is 0 Å². The van der Waals surface area contributed by atoms with Gasteiger partial charge in [0.1, 0.15) is 0 Å². The molecule has 1 N–H and O–H groups in total. The summed E-state index contributed by atoms with van der Waals surface area (Å²) in [5.41, 5.74) is 0.561. The smallest absolute Gasteiger partial charge is 0.0884 e. The number of ether oxygens (including phenoxy) is 1. The third-order valence-electron chi connectivity index (χ3n) is 0.791. The van der Waals surface area contributed by atoms with Crippen LogP contribution >= 0.6 is 0 Å². The fourth-order valence-electron chi connectivity index (χ4n) is 0.475. The fourth-order valence-corrected chi connectivity index (χ4v) is 0.475. The first-order chi connectivity index (χ1) is 3.39. The number of hydrogen-bond acceptors (Lipinski definition) is 2. The molecule has 0 aromatic carbocycles. The van der Waals surface area contributed by atoms with Gasteiger partial charge in [-0.1, -0.05) is 6.08 Å². The van der Waals surface area contributed by atoms with Crippen molar-refractivity contribution in [3.05, 3.63) is 12.2 Å². The van der Waals surface area contributed by atoms with Gasteiger partial charge in [0.05, 0.1) is 18.9 Å². The molecule has 2 heteroatoms. The van der Waals surface area contributed by atoms with E-state index < -0.39 is 0 Å². The van der Waals surface area contributed by atoms with Gasteiger partial charge in [0.15, 0.2) is 0 Å². The molecule has 0 bridgehead atoms. The highest BCUT2D eigenvalue weighted by Crippen LogP contribution is 1.88. The molecule has 1 rings (SSSR count). The molecule has 0 aliphatic carbocycles. The summed E-state index contributed by atoms with van der Waals surface area (Å²) in [6, 6.07) is 0. The van der Waals surface area contributed by atoms with E-state index in [1.807, 2.05) is 6.08 Å². The van der Waals surface area contributed by atoms with Gasteiger partial charge in [-0.15, -0.1) is 0 Å². The summed E-state index contributed by atoms with van der Waals surface area (Å²) < 4.78 is 4.87. The minimum absolute atomic E-state index is 0.483. The van der Waals surface area contributed by atoms with Crippen molar-refractivity contribution in [2.75, 3.05) is 13.2 Å². The topological polar surface area (TPSA) is 33.1 Å². The van der Waals surface area contributed by atoms with Gasteiger partial charge in [-0.3, -0.25) is 0 Å². The molecule has 2 nitrogen and oxygen atoms in total. The summed E-state index contributed by atoms with van der Waals surface area (Å²) in [6.45, 7) is 1.15. The summed E-state index contributed by atoms with van der Waals surface area (Å²) in [4.78, 5) is 0. The Kier molecular flexibility index (Phi) is 1.22. The van der Waals surface area contributed by atoms with Crippen LogP contribution in [0.3, 0.4) is 0 Å². The molecule has 1 heterocycles. The minimum atomic E-state index is 0.483. The highest BCUT2D eigenvalue weighted by Gasteiger charge is 1.94. The molecule has 0 aromatic rings. The highest BCUT2D eigenvalue weighted by molar-refractivity contribution is 5.93. The van der Waals surface area contributed by atoms with E-state index in [2.05, 4.69) is 0 Å². The largest absolute Gasteiger partial charge is 0.371 e. The fraction of sp³-hybridized carbons (Fsp3) is 0.400. The predicted molar refractivity (Wildman–Crippen MR) is 27.7 cm³/mol. The molecule has 0 unspecified atom stereocenters. The van der Waals surface area contributed by atoms with Crippen LogP contribution in [0.4, 0.5) is 0 Å². The van der Waals surface area contributed by atoms with Gasteiger partial charge in [-0.25, -0.2) is 0 Å². The minimum Gasteiger partial charge on any atom is -0.371 e. The monoisotopic (exact) mass is 97.1 g/mol. The van der Waals surface area contributed by atoms with Crippen LogP contribution in [0.2, 0.25) is 0 Å². The van der Waals surface area contributed by atoms with Gasteiger partial charge in [0, 0.05) is 0 Å². The average molecular weight is 97.1 g/mol. The Morgan fingerprint density at radius 1 is 1.71 bits per heavy atom. The summed E-state index contributed by atoms with van der Waals surface area (Å²) >= 11 is 0. The van der Waals surface area contributed by atoms with E-state index >= 15 is 0 Å². The Morgan fingerprint density at radius 3 is 2.86 bits per heavy atom. The van der Waals surface area contributed by atoms with Gasteiger partial charge in [0.25, 0.3) is 0 Å². The van der Waals surface area contributed by atoms with Crippen molar-refractivity contribution >= 4 is 5.71 Å². The van der Waals surface area contributed by atoms with Gasteiger partial charge < -0.3 is 10.1 Å². The van der Waals surface area contributed by atoms with Crippen molar-refractivity contribution in [1.82, 2.24) is 0 Å². The van der Waals surface area contributed by atoms with Gasteiger partial charge in [-0.05, 0) is 6.08 Å². The second kappa shape index (κ2) is 1.89. The molecule has 7 heavy (non-hydrogen) atoms. The normalized spacial score (nSPS) is 20.3. The molecule has 0 saturated heterocycles. The zero-order chi connectivity index (χ0) is 5.11. The second-order valence-electron chi connectivity index (χ2n) is 1.44. The molecular weight excluding hydrogens is 90.1 g/mol. The SMILES string of the molecule is N=C1C=CCOC1. The lowest BCUT2D eigenvalue weighted by Gasteiger charge is -2.03. The third kappa shape index (κ3) is 1.12. The van der Waals surface area contributed by atoms with E-state index in [-0.39, 0.29) is 0 Å².